The maximum atomic E-state index is 10.4. The normalized spacial score (nSPS) is 8.11. The first-order valence-corrected chi connectivity index (χ1v) is 2.42. The van der Waals surface area contributed by atoms with Crippen LogP contribution in [0, 0.1) is 0 Å². The van der Waals surface area contributed by atoms with E-state index in [1.807, 2.05) is 0 Å². The van der Waals surface area contributed by atoms with Crippen molar-refractivity contribution in [2.24, 2.45) is 0 Å². The monoisotopic (exact) mass is 128 g/mol. The van der Waals surface area contributed by atoms with Crippen LogP contribution in [0.1, 0.15) is 6.42 Å². The molecule has 0 saturated heterocycles. The fourth-order valence-corrected chi connectivity index (χ4v) is 0.287. The highest BCUT2D eigenvalue weighted by Crippen LogP contribution is 1.85. The summed E-state index contributed by atoms with van der Waals surface area (Å²) in [5.41, 5.74) is 0. The Morgan fingerprint density at radius 1 is 1.67 bits per heavy atom. The maximum absolute atomic E-state index is 10.4. The highest BCUT2D eigenvalue weighted by atomic mass is 16.5. The second-order valence-electron chi connectivity index (χ2n) is 1.42. The van der Waals surface area contributed by atoms with Crippen molar-refractivity contribution in [3.63, 3.8) is 0 Å². The molecule has 0 saturated carbocycles. The van der Waals surface area contributed by atoms with Gasteiger partial charge in [-0.1, -0.05) is 6.58 Å². The summed E-state index contributed by atoms with van der Waals surface area (Å²) in [6.45, 7) is 3.19. The van der Waals surface area contributed by atoms with Crippen molar-refractivity contribution in [3.8, 4) is 0 Å². The number of ketones is 1. The summed E-state index contributed by atoms with van der Waals surface area (Å²) in [7, 11) is 1.23. The molecule has 0 heterocycles. The van der Waals surface area contributed by atoms with Gasteiger partial charge in [-0.05, 0) is 6.08 Å². The van der Waals surface area contributed by atoms with Crippen LogP contribution in [-0.4, -0.2) is 18.9 Å². The van der Waals surface area contributed by atoms with Crippen molar-refractivity contribution in [2.45, 2.75) is 6.42 Å². The Morgan fingerprint density at radius 3 is 2.56 bits per heavy atom. The fraction of sp³-hybridized carbons (Fsp3) is 0.333. The molecule has 0 aliphatic rings. The van der Waals surface area contributed by atoms with E-state index < -0.39 is 5.97 Å². The lowest BCUT2D eigenvalue weighted by Gasteiger charge is -1.91. The number of ether oxygens (including phenoxy) is 1. The van der Waals surface area contributed by atoms with Gasteiger partial charge < -0.3 is 4.74 Å². The van der Waals surface area contributed by atoms with Crippen molar-refractivity contribution in [1.29, 1.82) is 0 Å². The smallest absolute Gasteiger partial charge is 0.313 e. The van der Waals surface area contributed by atoms with Crippen LogP contribution in [0.2, 0.25) is 0 Å². The van der Waals surface area contributed by atoms with Crippen LogP contribution in [0.25, 0.3) is 0 Å². The summed E-state index contributed by atoms with van der Waals surface area (Å²) in [6.07, 6.45) is 0.886. The second kappa shape index (κ2) is 3.83. The highest BCUT2D eigenvalue weighted by Gasteiger charge is 2.03. The molecular weight excluding hydrogens is 120 g/mol. The summed E-state index contributed by atoms with van der Waals surface area (Å²) in [6, 6.07) is 0. The van der Waals surface area contributed by atoms with Crippen molar-refractivity contribution < 1.29 is 14.3 Å². The average Bonchev–Trinajstić information content (AvgIpc) is 1.87. The highest BCUT2D eigenvalue weighted by molar-refractivity contribution is 6.01. The number of carbonyl (C=O) groups is 2. The van der Waals surface area contributed by atoms with Gasteiger partial charge in [0.1, 0.15) is 6.42 Å². The topological polar surface area (TPSA) is 43.4 Å². The molecule has 0 fully saturated rings. The van der Waals surface area contributed by atoms with Gasteiger partial charge in [0.2, 0.25) is 0 Å². The minimum absolute atomic E-state index is 0.208. The SMILES string of the molecule is C=CC(=O)CC(=O)OC. The van der Waals surface area contributed by atoms with E-state index in [4.69, 9.17) is 0 Å². The molecule has 0 aromatic carbocycles. The summed E-state index contributed by atoms with van der Waals surface area (Å²) in [5, 5.41) is 0. The van der Waals surface area contributed by atoms with Gasteiger partial charge in [0.25, 0.3) is 0 Å². The van der Waals surface area contributed by atoms with Crippen LogP contribution in [-0.2, 0) is 14.3 Å². The molecule has 0 amide bonds. The second-order valence-corrected chi connectivity index (χ2v) is 1.42. The lowest BCUT2D eigenvalue weighted by molar-refractivity contribution is -0.142. The van der Waals surface area contributed by atoms with E-state index >= 15 is 0 Å². The van der Waals surface area contributed by atoms with Crippen LogP contribution in [0.3, 0.4) is 0 Å². The Labute approximate surface area is 53.3 Å². The third-order valence-corrected chi connectivity index (χ3v) is 0.774. The van der Waals surface area contributed by atoms with Crippen LogP contribution < -0.4 is 0 Å². The van der Waals surface area contributed by atoms with Crippen molar-refractivity contribution in [1.82, 2.24) is 0 Å². The number of hydrogen-bond donors (Lipinski definition) is 0. The number of allylic oxidation sites excluding steroid dienone is 1. The first kappa shape index (κ1) is 7.88. The number of methoxy groups -OCH3 is 1. The Hall–Kier alpha value is -1.12. The summed E-state index contributed by atoms with van der Waals surface area (Å²) in [4.78, 5) is 20.7. The van der Waals surface area contributed by atoms with Crippen molar-refractivity contribution in [2.75, 3.05) is 7.11 Å². The van der Waals surface area contributed by atoms with Crippen molar-refractivity contribution in [3.05, 3.63) is 12.7 Å². The molecule has 0 aliphatic heterocycles. The number of hydrogen-bond acceptors (Lipinski definition) is 3. The first-order chi connectivity index (χ1) is 4.20. The van der Waals surface area contributed by atoms with E-state index in [9.17, 15) is 9.59 Å². The van der Waals surface area contributed by atoms with Crippen LogP contribution in [0.4, 0.5) is 0 Å². The standard InChI is InChI=1S/C6H8O3/c1-3-5(7)4-6(8)9-2/h3H,1,4H2,2H3. The lowest BCUT2D eigenvalue weighted by atomic mass is 10.3. The van der Waals surface area contributed by atoms with E-state index in [2.05, 4.69) is 11.3 Å². The van der Waals surface area contributed by atoms with Crippen LogP contribution in [0.5, 0.6) is 0 Å². The lowest BCUT2D eigenvalue weighted by Crippen LogP contribution is -2.06. The predicted molar refractivity (Wildman–Crippen MR) is 31.8 cm³/mol. The predicted octanol–water partition coefficient (Wildman–Crippen LogP) is 0.305. The molecule has 0 atom stereocenters. The number of esters is 1. The molecule has 50 valence electrons. The van der Waals surface area contributed by atoms with Gasteiger partial charge in [0, 0.05) is 0 Å². The van der Waals surface area contributed by atoms with E-state index in [-0.39, 0.29) is 12.2 Å². The molecule has 0 aromatic rings. The summed E-state index contributed by atoms with van der Waals surface area (Å²) >= 11 is 0. The minimum atomic E-state index is -0.528. The third-order valence-electron chi connectivity index (χ3n) is 0.774. The third kappa shape index (κ3) is 3.46. The zero-order valence-electron chi connectivity index (χ0n) is 5.22. The Kier molecular flexibility index (Phi) is 3.35. The molecule has 0 aliphatic carbocycles. The van der Waals surface area contributed by atoms with Gasteiger partial charge in [-0.25, -0.2) is 0 Å². The van der Waals surface area contributed by atoms with Crippen LogP contribution >= 0.6 is 0 Å². The maximum Gasteiger partial charge on any atom is 0.313 e. The van der Waals surface area contributed by atoms with Gasteiger partial charge >= 0.3 is 5.97 Å². The average molecular weight is 128 g/mol. The largest absolute Gasteiger partial charge is 0.469 e. The Balaban J connectivity index is 3.59. The van der Waals surface area contributed by atoms with Gasteiger partial charge in [-0.3, -0.25) is 9.59 Å². The van der Waals surface area contributed by atoms with Gasteiger partial charge in [0.05, 0.1) is 7.11 Å². The zero-order chi connectivity index (χ0) is 7.28. The Bertz CT molecular complexity index is 137. The summed E-state index contributed by atoms with van der Waals surface area (Å²) in [5.74, 6) is -0.846. The van der Waals surface area contributed by atoms with E-state index in [0.29, 0.717) is 0 Å². The molecule has 3 heteroatoms. The molecule has 0 bridgehead atoms. The van der Waals surface area contributed by atoms with Gasteiger partial charge in [0.15, 0.2) is 5.78 Å². The molecule has 3 nitrogen and oxygen atoms in total. The molecule has 0 rings (SSSR count). The molecule has 0 unspecified atom stereocenters. The van der Waals surface area contributed by atoms with Crippen molar-refractivity contribution >= 4 is 11.8 Å². The first-order valence-electron chi connectivity index (χ1n) is 2.42. The van der Waals surface area contributed by atoms with Gasteiger partial charge in [-0.15, -0.1) is 0 Å². The quantitative estimate of drug-likeness (QED) is 0.312. The molecule has 0 aromatic heterocycles. The molecule has 0 N–H and O–H groups in total. The van der Waals surface area contributed by atoms with E-state index in [0.717, 1.165) is 6.08 Å². The van der Waals surface area contributed by atoms with Gasteiger partial charge in [-0.2, -0.15) is 0 Å². The molecule has 9 heavy (non-hydrogen) atoms. The molecule has 0 spiro atoms. The summed E-state index contributed by atoms with van der Waals surface area (Å²) < 4.78 is 4.22. The molecule has 0 radical (unpaired) electrons. The fourth-order valence-electron chi connectivity index (χ4n) is 0.287. The van der Waals surface area contributed by atoms with Crippen LogP contribution in [0.15, 0.2) is 12.7 Å². The number of rotatable bonds is 3. The van der Waals surface area contributed by atoms with E-state index in [1.165, 1.54) is 7.11 Å². The zero-order valence-corrected chi connectivity index (χ0v) is 5.22. The van der Waals surface area contributed by atoms with E-state index in [1.54, 1.807) is 0 Å². The Morgan fingerprint density at radius 2 is 2.22 bits per heavy atom. The minimum Gasteiger partial charge on any atom is -0.469 e. The number of carbonyl (C=O) groups excluding carboxylic acids is 2. The molecular formula is C6H8O3.